The summed E-state index contributed by atoms with van der Waals surface area (Å²) in [6.07, 6.45) is 3.34. The van der Waals surface area contributed by atoms with Crippen molar-refractivity contribution >= 4 is 39.8 Å². The minimum Gasteiger partial charge on any atom is -0.374 e. The molecule has 1 N–H and O–H groups in total. The minimum atomic E-state index is -1.49. The molecule has 3 aromatic heterocycles. The Morgan fingerprint density at radius 2 is 1.54 bits per heavy atom. The van der Waals surface area contributed by atoms with E-state index in [1.807, 2.05) is 72.3 Å². The molecule has 1 atom stereocenters. The summed E-state index contributed by atoms with van der Waals surface area (Å²) in [6.45, 7) is 0. The van der Waals surface area contributed by atoms with Crippen LogP contribution < -0.4 is 0 Å². The molecule has 0 aliphatic heterocycles. The first kappa shape index (κ1) is 21.7. The Morgan fingerprint density at radius 1 is 0.857 bits per heavy atom. The first-order chi connectivity index (χ1) is 16.9. The van der Waals surface area contributed by atoms with Crippen molar-refractivity contribution in [3.05, 3.63) is 112 Å². The SMILES string of the molecule is Cn1cncc1C(O)(c1ccc(Cl)cc1)c1ccc2c(c1)c(-c1ccc(Cl)cc1)cc1nnnn12. The lowest BCUT2D eigenvalue weighted by molar-refractivity contribution is 0.117. The van der Waals surface area contributed by atoms with Gasteiger partial charge in [0.25, 0.3) is 0 Å². The minimum absolute atomic E-state index is 0.589. The molecule has 0 fully saturated rings. The summed E-state index contributed by atoms with van der Waals surface area (Å²) >= 11 is 12.3. The Morgan fingerprint density at radius 3 is 2.23 bits per heavy atom. The zero-order valence-corrected chi connectivity index (χ0v) is 20.0. The maximum atomic E-state index is 12.3. The van der Waals surface area contributed by atoms with E-state index < -0.39 is 5.60 Å². The number of tetrazole rings is 1. The molecule has 6 rings (SSSR count). The van der Waals surface area contributed by atoms with Crippen LogP contribution in [0.3, 0.4) is 0 Å². The highest BCUT2D eigenvalue weighted by Crippen LogP contribution is 2.40. The zero-order valence-electron chi connectivity index (χ0n) is 18.5. The topological polar surface area (TPSA) is 81.1 Å². The molecule has 35 heavy (non-hydrogen) atoms. The molecule has 0 aliphatic carbocycles. The van der Waals surface area contributed by atoms with Gasteiger partial charge in [-0.05, 0) is 75.1 Å². The third-order valence-electron chi connectivity index (χ3n) is 6.30. The first-order valence-corrected chi connectivity index (χ1v) is 11.6. The van der Waals surface area contributed by atoms with Crippen molar-refractivity contribution in [2.75, 3.05) is 0 Å². The van der Waals surface area contributed by atoms with Gasteiger partial charge in [-0.1, -0.05) is 53.5 Å². The van der Waals surface area contributed by atoms with Crippen LogP contribution in [0, 0.1) is 0 Å². The van der Waals surface area contributed by atoms with Crippen LogP contribution in [0.1, 0.15) is 16.8 Å². The highest BCUT2D eigenvalue weighted by molar-refractivity contribution is 6.30. The fraction of sp³-hybridized carbons (Fsp3) is 0.0769. The number of rotatable bonds is 4. The number of benzene rings is 3. The molecule has 9 heteroatoms. The van der Waals surface area contributed by atoms with E-state index in [0.29, 0.717) is 32.5 Å². The molecule has 0 bridgehead atoms. The van der Waals surface area contributed by atoms with Crippen LogP contribution >= 0.6 is 23.2 Å². The number of hydrogen-bond donors (Lipinski definition) is 1. The summed E-state index contributed by atoms with van der Waals surface area (Å²) in [5.41, 5.74) is 3.77. The standard InChI is InChI=1S/C26H18Cl2N6O/c1-33-15-29-14-24(33)26(35,17-4-9-20(28)10-5-17)18-6-11-23-22(12-18)21(13-25-30-31-32-34(23)25)16-2-7-19(27)8-3-16/h2-15,35H,1H3. The van der Waals surface area contributed by atoms with Crippen molar-refractivity contribution in [2.24, 2.45) is 7.05 Å². The van der Waals surface area contributed by atoms with Crippen LogP contribution in [0.2, 0.25) is 10.0 Å². The van der Waals surface area contributed by atoms with Gasteiger partial charge in [-0.15, -0.1) is 5.10 Å². The molecule has 0 amide bonds. The molecule has 6 aromatic rings. The fourth-order valence-electron chi connectivity index (χ4n) is 4.55. The number of hydrogen-bond acceptors (Lipinski definition) is 5. The summed E-state index contributed by atoms with van der Waals surface area (Å²) in [7, 11) is 1.86. The van der Waals surface area contributed by atoms with Gasteiger partial charge in [0, 0.05) is 22.5 Å². The predicted octanol–water partition coefficient (Wildman–Crippen LogP) is 5.27. The van der Waals surface area contributed by atoms with Crippen molar-refractivity contribution in [1.82, 2.24) is 29.6 Å². The molecule has 0 spiro atoms. The highest BCUT2D eigenvalue weighted by Gasteiger charge is 2.37. The van der Waals surface area contributed by atoms with Crippen LogP contribution in [0.15, 0.2) is 85.3 Å². The van der Waals surface area contributed by atoms with Gasteiger partial charge in [0.15, 0.2) is 11.2 Å². The van der Waals surface area contributed by atoms with Gasteiger partial charge in [-0.25, -0.2) is 4.98 Å². The summed E-state index contributed by atoms with van der Waals surface area (Å²) < 4.78 is 3.49. The van der Waals surface area contributed by atoms with Gasteiger partial charge in [0.05, 0.1) is 23.7 Å². The number of halogens is 2. The van der Waals surface area contributed by atoms with Crippen molar-refractivity contribution in [3.8, 4) is 11.1 Å². The number of pyridine rings is 1. The van der Waals surface area contributed by atoms with Crippen LogP contribution in [0.5, 0.6) is 0 Å². The molecule has 0 saturated heterocycles. The maximum absolute atomic E-state index is 12.3. The molecule has 0 radical (unpaired) electrons. The van der Waals surface area contributed by atoms with Crippen LogP contribution in [-0.2, 0) is 12.6 Å². The van der Waals surface area contributed by atoms with Crippen molar-refractivity contribution in [3.63, 3.8) is 0 Å². The number of nitrogens with zero attached hydrogens (tertiary/aromatic N) is 6. The third-order valence-corrected chi connectivity index (χ3v) is 6.81. The summed E-state index contributed by atoms with van der Waals surface area (Å²) in [5, 5.41) is 26.6. The van der Waals surface area contributed by atoms with Gasteiger partial charge in [-0.2, -0.15) is 4.52 Å². The average Bonchev–Trinajstić information content (AvgIpc) is 3.53. The van der Waals surface area contributed by atoms with E-state index in [9.17, 15) is 5.11 Å². The largest absolute Gasteiger partial charge is 0.374 e. The molecule has 0 aliphatic rings. The summed E-state index contributed by atoms with van der Waals surface area (Å²) in [4.78, 5) is 4.26. The van der Waals surface area contributed by atoms with E-state index in [4.69, 9.17) is 23.2 Å². The second kappa shape index (κ2) is 8.16. The van der Waals surface area contributed by atoms with Crippen LogP contribution in [0.4, 0.5) is 0 Å². The first-order valence-electron chi connectivity index (χ1n) is 10.8. The van der Waals surface area contributed by atoms with Gasteiger partial charge >= 0.3 is 0 Å². The third kappa shape index (κ3) is 3.47. The van der Waals surface area contributed by atoms with Crippen molar-refractivity contribution in [2.45, 2.75) is 5.60 Å². The van der Waals surface area contributed by atoms with Crippen molar-refractivity contribution < 1.29 is 5.11 Å². The van der Waals surface area contributed by atoms with Crippen molar-refractivity contribution in [1.29, 1.82) is 0 Å². The molecule has 1 unspecified atom stereocenters. The van der Waals surface area contributed by atoms with E-state index in [2.05, 4.69) is 20.5 Å². The monoisotopic (exact) mass is 500 g/mol. The molecule has 3 aromatic carbocycles. The molecular formula is C26H18Cl2N6O. The lowest BCUT2D eigenvalue weighted by Gasteiger charge is -2.30. The number of aryl methyl sites for hydroxylation is 1. The Kier molecular flexibility index (Phi) is 5.07. The molecule has 7 nitrogen and oxygen atoms in total. The highest BCUT2D eigenvalue weighted by atomic mass is 35.5. The Hall–Kier alpha value is -3.78. The lowest BCUT2D eigenvalue weighted by atomic mass is 9.82. The van der Waals surface area contributed by atoms with E-state index >= 15 is 0 Å². The Balaban J connectivity index is 1.67. The molecule has 0 saturated carbocycles. The molecular weight excluding hydrogens is 483 g/mol. The van der Waals surface area contributed by atoms with Crippen LogP contribution in [0.25, 0.3) is 27.7 Å². The van der Waals surface area contributed by atoms with Gasteiger partial charge in [0.1, 0.15) is 0 Å². The second-order valence-corrected chi connectivity index (χ2v) is 9.23. The zero-order chi connectivity index (χ0) is 24.2. The number of aliphatic hydroxyl groups is 1. The normalized spacial score (nSPS) is 13.4. The van der Waals surface area contributed by atoms with Gasteiger partial charge in [0.2, 0.25) is 0 Å². The average molecular weight is 501 g/mol. The molecule has 172 valence electrons. The quantitative estimate of drug-likeness (QED) is 0.356. The molecule has 3 heterocycles. The van der Waals surface area contributed by atoms with Gasteiger partial charge < -0.3 is 9.67 Å². The smallest absolute Gasteiger partial charge is 0.180 e. The Bertz CT molecular complexity index is 1690. The Labute approximate surface area is 210 Å². The predicted molar refractivity (Wildman–Crippen MR) is 135 cm³/mol. The van der Waals surface area contributed by atoms with E-state index in [-0.39, 0.29) is 0 Å². The van der Waals surface area contributed by atoms with E-state index in [1.54, 1.807) is 29.2 Å². The number of fused-ring (bicyclic) bond motifs is 3. The van der Waals surface area contributed by atoms with E-state index in [1.165, 1.54) is 0 Å². The second-order valence-electron chi connectivity index (χ2n) is 8.35. The van der Waals surface area contributed by atoms with Crippen LogP contribution in [-0.4, -0.2) is 34.7 Å². The maximum Gasteiger partial charge on any atom is 0.180 e. The number of imidazole rings is 1. The summed E-state index contributed by atoms with van der Waals surface area (Å²) in [6, 6.07) is 22.5. The van der Waals surface area contributed by atoms with Gasteiger partial charge in [-0.3, -0.25) is 0 Å². The lowest BCUT2D eigenvalue weighted by Crippen LogP contribution is -2.31. The summed E-state index contributed by atoms with van der Waals surface area (Å²) in [5.74, 6) is 0. The number of aromatic nitrogens is 6. The fourth-order valence-corrected chi connectivity index (χ4v) is 4.80. The van der Waals surface area contributed by atoms with E-state index in [0.717, 1.165) is 22.0 Å².